The van der Waals surface area contributed by atoms with Crippen molar-refractivity contribution in [3.8, 4) is 0 Å². The third-order valence-corrected chi connectivity index (χ3v) is 4.34. The average Bonchev–Trinajstić information content (AvgIpc) is 2.70. The normalized spacial score (nSPS) is 10.3. The SMILES string of the molecule is COC(=O)c1ccccc1Nc1ncnc(Nc2cc(Cl)ccc2Cl)c1[N+](=O)[O-]. The molecule has 29 heavy (non-hydrogen) atoms. The van der Waals surface area contributed by atoms with Gasteiger partial charge in [-0.25, -0.2) is 14.8 Å². The maximum atomic E-state index is 12.0. The van der Waals surface area contributed by atoms with Crippen LogP contribution in [0.25, 0.3) is 0 Å². The van der Waals surface area contributed by atoms with Crippen LogP contribution >= 0.6 is 23.2 Å². The number of halogens is 2. The summed E-state index contributed by atoms with van der Waals surface area (Å²) in [5, 5.41) is 18.0. The summed E-state index contributed by atoms with van der Waals surface area (Å²) in [6.45, 7) is 0. The zero-order valence-electron chi connectivity index (χ0n) is 14.8. The Hall–Kier alpha value is -3.43. The molecule has 0 aliphatic rings. The third kappa shape index (κ3) is 4.53. The maximum absolute atomic E-state index is 12.0. The molecule has 0 aliphatic carbocycles. The summed E-state index contributed by atoms with van der Waals surface area (Å²) in [4.78, 5) is 30.9. The van der Waals surface area contributed by atoms with E-state index in [1.807, 2.05) is 0 Å². The Balaban J connectivity index is 2.04. The van der Waals surface area contributed by atoms with Gasteiger partial charge in [-0.15, -0.1) is 0 Å². The van der Waals surface area contributed by atoms with Gasteiger partial charge < -0.3 is 15.4 Å². The highest BCUT2D eigenvalue weighted by Gasteiger charge is 2.25. The van der Waals surface area contributed by atoms with E-state index in [0.29, 0.717) is 15.7 Å². The summed E-state index contributed by atoms with van der Waals surface area (Å²) >= 11 is 12.1. The van der Waals surface area contributed by atoms with Crippen LogP contribution in [0.15, 0.2) is 48.8 Å². The number of methoxy groups -OCH3 is 1. The summed E-state index contributed by atoms with van der Waals surface area (Å²) in [5.74, 6) is -0.830. The number of carbonyl (C=O) groups excluding carboxylic acids is 1. The van der Waals surface area contributed by atoms with Gasteiger partial charge in [0.1, 0.15) is 6.33 Å². The van der Waals surface area contributed by atoms with Gasteiger partial charge in [0.25, 0.3) is 0 Å². The molecule has 0 fully saturated rings. The first-order valence-electron chi connectivity index (χ1n) is 8.06. The summed E-state index contributed by atoms with van der Waals surface area (Å²) in [5.41, 5.74) is 0.369. The molecule has 0 saturated heterocycles. The Morgan fingerprint density at radius 3 is 2.38 bits per heavy atom. The van der Waals surface area contributed by atoms with Crippen LogP contribution in [-0.2, 0) is 4.74 Å². The summed E-state index contributed by atoms with van der Waals surface area (Å²) < 4.78 is 4.73. The standard InChI is InChI=1S/C18H13Cl2N5O4/c1-29-18(26)11-4-2-3-5-13(11)23-16-15(25(27)28)17(22-9-21-16)24-14-8-10(19)6-7-12(14)20/h2-9H,1H3,(H2,21,22,23,24). The summed E-state index contributed by atoms with van der Waals surface area (Å²) in [6.07, 6.45) is 1.14. The number of benzene rings is 2. The van der Waals surface area contributed by atoms with Crippen molar-refractivity contribution in [1.82, 2.24) is 9.97 Å². The van der Waals surface area contributed by atoms with E-state index in [1.54, 1.807) is 30.3 Å². The fraction of sp³-hybridized carbons (Fsp3) is 0.0556. The van der Waals surface area contributed by atoms with E-state index < -0.39 is 16.6 Å². The number of nitrogens with one attached hydrogen (secondary N) is 2. The molecule has 0 saturated carbocycles. The first kappa shape index (κ1) is 20.3. The minimum absolute atomic E-state index is 0.104. The number of ether oxygens (including phenoxy) is 1. The lowest BCUT2D eigenvalue weighted by atomic mass is 10.2. The summed E-state index contributed by atoms with van der Waals surface area (Å²) in [6, 6.07) is 11.0. The largest absolute Gasteiger partial charge is 0.465 e. The molecule has 0 amide bonds. The minimum Gasteiger partial charge on any atom is -0.465 e. The van der Waals surface area contributed by atoms with E-state index in [4.69, 9.17) is 27.9 Å². The zero-order valence-corrected chi connectivity index (χ0v) is 16.4. The van der Waals surface area contributed by atoms with Crippen molar-refractivity contribution in [1.29, 1.82) is 0 Å². The second-order valence-corrected chi connectivity index (χ2v) is 6.43. The molecule has 2 N–H and O–H groups in total. The predicted molar refractivity (Wildman–Crippen MR) is 109 cm³/mol. The van der Waals surface area contributed by atoms with Crippen LogP contribution in [0, 0.1) is 10.1 Å². The van der Waals surface area contributed by atoms with Crippen molar-refractivity contribution in [2.45, 2.75) is 0 Å². The van der Waals surface area contributed by atoms with E-state index in [9.17, 15) is 14.9 Å². The molecule has 9 nitrogen and oxygen atoms in total. The van der Waals surface area contributed by atoms with Gasteiger partial charge in [0.2, 0.25) is 11.6 Å². The number of aromatic nitrogens is 2. The van der Waals surface area contributed by atoms with Crippen molar-refractivity contribution < 1.29 is 14.5 Å². The molecule has 0 aliphatic heterocycles. The Morgan fingerprint density at radius 1 is 1.07 bits per heavy atom. The number of para-hydroxylation sites is 1. The predicted octanol–water partition coefficient (Wildman–Crippen LogP) is 4.97. The number of nitrogens with zero attached hydrogens (tertiary/aromatic N) is 3. The molecule has 148 valence electrons. The lowest BCUT2D eigenvalue weighted by Gasteiger charge is -2.12. The van der Waals surface area contributed by atoms with Crippen molar-refractivity contribution in [2.75, 3.05) is 17.7 Å². The van der Waals surface area contributed by atoms with E-state index in [2.05, 4.69) is 20.6 Å². The molecular weight excluding hydrogens is 421 g/mol. The molecule has 2 aromatic carbocycles. The quantitative estimate of drug-likeness (QED) is 0.317. The fourth-order valence-electron chi connectivity index (χ4n) is 2.46. The number of anilines is 4. The highest BCUT2D eigenvalue weighted by atomic mass is 35.5. The molecule has 0 radical (unpaired) electrons. The first-order valence-corrected chi connectivity index (χ1v) is 8.82. The van der Waals surface area contributed by atoms with E-state index in [-0.39, 0.29) is 22.9 Å². The van der Waals surface area contributed by atoms with Crippen LogP contribution < -0.4 is 10.6 Å². The van der Waals surface area contributed by atoms with E-state index in [0.717, 1.165) is 6.33 Å². The molecule has 3 rings (SSSR count). The van der Waals surface area contributed by atoms with Crippen LogP contribution in [0.3, 0.4) is 0 Å². The Morgan fingerprint density at radius 2 is 1.72 bits per heavy atom. The van der Waals surface area contributed by atoms with E-state index >= 15 is 0 Å². The molecule has 0 bridgehead atoms. The molecule has 0 unspecified atom stereocenters. The van der Waals surface area contributed by atoms with Gasteiger partial charge in [-0.2, -0.15) is 0 Å². The van der Waals surface area contributed by atoms with Crippen molar-refractivity contribution in [3.63, 3.8) is 0 Å². The lowest BCUT2D eigenvalue weighted by molar-refractivity contribution is -0.383. The number of esters is 1. The van der Waals surface area contributed by atoms with Gasteiger partial charge >= 0.3 is 11.7 Å². The Kier molecular flexibility index (Phi) is 6.10. The smallest absolute Gasteiger partial charge is 0.353 e. The Labute approximate surface area is 174 Å². The topological polar surface area (TPSA) is 119 Å². The van der Waals surface area contributed by atoms with Crippen LogP contribution in [0.1, 0.15) is 10.4 Å². The summed E-state index contributed by atoms with van der Waals surface area (Å²) in [7, 11) is 1.24. The zero-order chi connectivity index (χ0) is 21.0. The molecule has 0 spiro atoms. The van der Waals surface area contributed by atoms with Crippen molar-refractivity contribution in [3.05, 3.63) is 74.5 Å². The van der Waals surface area contributed by atoms with Crippen molar-refractivity contribution in [2.24, 2.45) is 0 Å². The third-order valence-electron chi connectivity index (χ3n) is 3.77. The molecule has 3 aromatic rings. The fourth-order valence-corrected chi connectivity index (χ4v) is 2.80. The highest BCUT2D eigenvalue weighted by Crippen LogP contribution is 2.36. The molecule has 0 atom stereocenters. The second kappa shape index (κ2) is 8.72. The maximum Gasteiger partial charge on any atom is 0.353 e. The van der Waals surface area contributed by atoms with Crippen LogP contribution in [0.5, 0.6) is 0 Å². The molecule has 1 aromatic heterocycles. The lowest BCUT2D eigenvalue weighted by Crippen LogP contribution is -2.09. The van der Waals surface area contributed by atoms with Crippen LogP contribution in [0.4, 0.5) is 28.7 Å². The number of nitro groups is 1. The number of hydrogen-bond acceptors (Lipinski definition) is 8. The van der Waals surface area contributed by atoms with Crippen molar-refractivity contribution >= 4 is 57.9 Å². The van der Waals surface area contributed by atoms with Gasteiger partial charge in [-0.3, -0.25) is 10.1 Å². The highest BCUT2D eigenvalue weighted by molar-refractivity contribution is 6.35. The first-order chi connectivity index (χ1) is 13.9. The molecule has 11 heteroatoms. The monoisotopic (exact) mass is 433 g/mol. The van der Waals surface area contributed by atoms with Gasteiger partial charge in [0.05, 0.1) is 34.0 Å². The average molecular weight is 434 g/mol. The van der Waals surface area contributed by atoms with Gasteiger partial charge in [0, 0.05) is 5.02 Å². The van der Waals surface area contributed by atoms with Crippen LogP contribution in [0.2, 0.25) is 10.0 Å². The number of rotatable bonds is 6. The second-order valence-electron chi connectivity index (χ2n) is 5.59. The van der Waals surface area contributed by atoms with Gasteiger partial charge in [-0.05, 0) is 30.3 Å². The minimum atomic E-state index is -0.649. The van der Waals surface area contributed by atoms with Gasteiger partial charge in [0.15, 0.2) is 0 Å². The molecular formula is C18H13Cl2N5O4. The van der Waals surface area contributed by atoms with Crippen LogP contribution in [-0.4, -0.2) is 28.0 Å². The number of hydrogen-bond donors (Lipinski definition) is 2. The number of carbonyl (C=O) groups is 1. The van der Waals surface area contributed by atoms with E-state index in [1.165, 1.54) is 19.2 Å². The van der Waals surface area contributed by atoms with Gasteiger partial charge in [-0.1, -0.05) is 35.3 Å². The molecule has 1 heterocycles. The Bertz CT molecular complexity index is 1090.